The zero-order chi connectivity index (χ0) is 47.9. The van der Waals surface area contributed by atoms with E-state index in [-0.39, 0.29) is 47.2 Å². The largest absolute Gasteiger partial charge is 0.396 e. The summed E-state index contributed by atoms with van der Waals surface area (Å²) in [6.07, 6.45) is 14.3. The minimum absolute atomic E-state index is 0. The van der Waals surface area contributed by atoms with Crippen LogP contribution in [0.15, 0.2) is 56.9 Å². The van der Waals surface area contributed by atoms with E-state index >= 15 is 0 Å². The van der Waals surface area contributed by atoms with Gasteiger partial charge in [-0.1, -0.05) is 14.9 Å². The fourth-order valence-electron chi connectivity index (χ4n) is 8.85. The molecule has 10 N–H and O–H groups in total. The van der Waals surface area contributed by atoms with Crippen molar-refractivity contribution < 1.29 is 33.6 Å². The zero-order valence-electron chi connectivity index (χ0n) is 36.4. The van der Waals surface area contributed by atoms with Gasteiger partial charge in [-0.05, 0) is 93.3 Å². The van der Waals surface area contributed by atoms with E-state index in [1.165, 1.54) is 23.6 Å². The van der Waals surface area contributed by atoms with Crippen molar-refractivity contribution in [1.29, 1.82) is 0 Å². The van der Waals surface area contributed by atoms with Crippen LogP contribution in [0.2, 0.25) is 0 Å². The number of imidazole rings is 2. The van der Waals surface area contributed by atoms with Crippen LogP contribution >= 0.6 is 0 Å². The molecule has 0 amide bonds. The molecule has 4 fully saturated rings. The molecule has 0 aliphatic heterocycles. The normalized spacial score (nSPS) is 23.8. The number of fused-ring (bicyclic) bond motifs is 2. The number of anilines is 2. The van der Waals surface area contributed by atoms with Crippen LogP contribution in [-0.4, -0.2) is 111 Å². The van der Waals surface area contributed by atoms with Crippen LogP contribution < -0.4 is 34.0 Å². The molecule has 0 spiro atoms. The molecule has 10 rings (SSSR count). The van der Waals surface area contributed by atoms with Gasteiger partial charge in [-0.15, -0.1) is 0 Å². The third-order valence-corrected chi connectivity index (χ3v) is 13.1. The Bertz CT molecular complexity index is 2860. The van der Waals surface area contributed by atoms with Crippen molar-refractivity contribution in [3.8, 4) is 0 Å². The van der Waals surface area contributed by atoms with Gasteiger partial charge in [0, 0.05) is 45.6 Å². The van der Waals surface area contributed by atoms with Gasteiger partial charge < -0.3 is 41.0 Å². The highest BCUT2D eigenvalue weighted by Gasteiger charge is 2.43. The quantitative estimate of drug-likeness (QED) is 0.0775. The van der Waals surface area contributed by atoms with Gasteiger partial charge in [0.05, 0.1) is 31.1 Å². The minimum Gasteiger partial charge on any atom is -0.396 e. The molecule has 4 aliphatic rings. The van der Waals surface area contributed by atoms with Gasteiger partial charge in [-0.25, -0.2) is 43.9 Å². The predicted octanol–water partition coefficient (Wildman–Crippen LogP) is 2.09. The average Bonchev–Trinajstić information content (AvgIpc) is 4.10. The lowest BCUT2D eigenvalue weighted by Crippen LogP contribution is -2.46. The van der Waals surface area contributed by atoms with Gasteiger partial charge in [0.1, 0.15) is 29.9 Å². The third-order valence-electron chi connectivity index (χ3n) is 13.1. The van der Waals surface area contributed by atoms with E-state index in [1.54, 1.807) is 17.6 Å². The van der Waals surface area contributed by atoms with Crippen LogP contribution in [0.5, 0.6) is 0 Å². The zero-order valence-corrected chi connectivity index (χ0v) is 36.4. The maximum absolute atomic E-state index is 13.6. The molecule has 3 unspecified atom stereocenters. The molecule has 4 aliphatic carbocycles. The molecule has 7 atom stereocenters. The van der Waals surface area contributed by atoms with E-state index in [9.17, 15) is 32.3 Å². The summed E-state index contributed by atoms with van der Waals surface area (Å²) in [5, 5.41) is 35.1. The maximum atomic E-state index is 13.6. The highest BCUT2D eigenvalue weighted by atomic mass is 19.1. The minimum atomic E-state index is -1.30. The number of halogens is 3. The van der Waals surface area contributed by atoms with Crippen LogP contribution in [0.4, 0.5) is 24.8 Å². The second-order valence-corrected chi connectivity index (χ2v) is 17.5. The second kappa shape index (κ2) is 23.8. The van der Waals surface area contributed by atoms with Crippen molar-refractivity contribution >= 4 is 34.0 Å². The highest BCUT2D eigenvalue weighted by molar-refractivity contribution is 5.81. The van der Waals surface area contributed by atoms with Crippen molar-refractivity contribution in [3.05, 3.63) is 91.0 Å². The van der Waals surface area contributed by atoms with E-state index in [2.05, 4.69) is 34.5 Å². The number of hydrogen-bond acceptors (Lipinski definition) is 16. The van der Waals surface area contributed by atoms with Crippen molar-refractivity contribution in [2.45, 2.75) is 104 Å². The molecule has 378 valence electrons. The molecule has 6 aromatic heterocycles. The number of aromatic nitrogens is 12. The predicted molar refractivity (Wildman–Crippen MR) is 249 cm³/mol. The Morgan fingerprint density at radius 1 is 0.580 bits per heavy atom. The highest BCUT2D eigenvalue weighted by Crippen LogP contribution is 2.44. The first-order valence-electron chi connectivity index (χ1n) is 22.2. The number of nitrogens with one attached hydrogen (secondary N) is 2. The summed E-state index contributed by atoms with van der Waals surface area (Å²) in [5.74, 6) is 1.11. The van der Waals surface area contributed by atoms with Crippen molar-refractivity contribution in [2.24, 2.45) is 35.5 Å². The Balaban J connectivity index is 0.000000170. The number of rotatable bonds is 14. The molecule has 0 bridgehead atoms. The van der Waals surface area contributed by atoms with Gasteiger partial charge in [-0.2, -0.15) is 8.78 Å². The molecule has 0 saturated heterocycles. The first-order valence-corrected chi connectivity index (χ1v) is 22.2. The summed E-state index contributed by atoms with van der Waals surface area (Å²) < 4.78 is 45.7. The SMILES string of the molecule is C.C.Nc1ncnc2c1ncn2C1CC(CCO)C1.Nc1ncnc2c1ncn2CC1C[C@@H]1CCO.O=c1[nH]c(=O)n(CC2C[C@@H]2CCO)cc1F.O=c1[nH]c(=O)n([C@@H]2C[C@H](CCO)C2F)cc1F. The molecule has 4 saturated carbocycles. The molecule has 69 heavy (non-hydrogen) atoms. The Kier molecular flexibility index (Phi) is 18.5. The summed E-state index contributed by atoms with van der Waals surface area (Å²) in [7, 11) is 0. The van der Waals surface area contributed by atoms with Crippen LogP contribution in [-0.2, 0) is 13.1 Å². The van der Waals surface area contributed by atoms with Gasteiger partial charge in [0.2, 0.25) is 11.6 Å². The van der Waals surface area contributed by atoms with Crippen LogP contribution in [0.25, 0.3) is 22.3 Å². The number of nitrogens with two attached hydrogens (primary N) is 2. The molecule has 22 nitrogen and oxygen atoms in total. The van der Waals surface area contributed by atoms with E-state index in [0.717, 1.165) is 66.9 Å². The smallest absolute Gasteiger partial charge is 0.328 e. The van der Waals surface area contributed by atoms with Crippen LogP contribution in [0.3, 0.4) is 0 Å². The fourth-order valence-corrected chi connectivity index (χ4v) is 8.85. The monoisotopic (exact) mass is 972 g/mol. The topological polar surface area (TPSA) is 330 Å². The molecule has 25 heteroatoms. The van der Waals surface area contributed by atoms with Crippen molar-refractivity contribution in [2.75, 3.05) is 37.9 Å². The lowest BCUT2D eigenvalue weighted by atomic mass is 9.76. The lowest BCUT2D eigenvalue weighted by molar-refractivity contribution is 0.0192. The summed E-state index contributed by atoms with van der Waals surface area (Å²) in [6, 6.07) is -0.323. The fraction of sp³-hybridized carbons (Fsp3) is 0.591. The number of nitrogens with zero attached hydrogens (tertiary/aromatic N) is 10. The third kappa shape index (κ3) is 12.7. The first kappa shape index (κ1) is 53.6. The molecule has 6 heterocycles. The number of aliphatic hydroxyl groups excluding tert-OH is 4. The van der Waals surface area contributed by atoms with E-state index < -0.39 is 46.3 Å². The first-order chi connectivity index (χ1) is 32.2. The Morgan fingerprint density at radius 3 is 1.67 bits per heavy atom. The van der Waals surface area contributed by atoms with E-state index in [0.29, 0.717) is 84.1 Å². The van der Waals surface area contributed by atoms with Crippen molar-refractivity contribution in [1.82, 2.24) is 58.1 Å². The van der Waals surface area contributed by atoms with Gasteiger partial charge in [0.15, 0.2) is 22.9 Å². The molecular formula is C44H63F3N14O8. The standard InChI is InChI=1S/2C11H15N5O.C10H12F2N2O3.C10H13FN2O3.2CH4/c12-10-9-11(14-5-13-10)16(6-15-9)4-8-3-7(8)1-2-17;12-10-9-11(14-5-13-10)16(6-15-9)8-3-7(4-8)1-2-17;11-6-4-14(10(17)13-9(6)16)7-3-5(1-2-15)8(7)12;11-8-5-13(10(16)12-9(8)15)4-7-3-6(7)1-2-14;;/h2*5-8,17H,1-4H2,(H2,12,13,14);4-5,7-8,15H,1-3H2,(H,13,16,17);5-7,14H,1-4H2,(H,12,15,16);2*1H4/t7-,8?;;5-,7+,8?;6-,7?;;/m0.00../s1. The Morgan fingerprint density at radius 2 is 1.09 bits per heavy atom. The molecular weight excluding hydrogens is 910 g/mol. The summed E-state index contributed by atoms with van der Waals surface area (Å²) in [4.78, 5) is 72.7. The molecule has 6 aromatic rings. The van der Waals surface area contributed by atoms with Crippen LogP contribution in [0, 0.1) is 47.1 Å². The van der Waals surface area contributed by atoms with E-state index in [4.69, 9.17) is 31.9 Å². The Hall–Kier alpha value is -6.31. The number of aromatic amines is 2. The summed E-state index contributed by atoms with van der Waals surface area (Å²) in [5.41, 5.74) is 11.0. The number of aliphatic hydroxyl groups is 4. The van der Waals surface area contributed by atoms with Gasteiger partial charge >= 0.3 is 11.4 Å². The van der Waals surface area contributed by atoms with Crippen molar-refractivity contribution in [3.63, 3.8) is 0 Å². The maximum Gasteiger partial charge on any atom is 0.328 e. The molecule has 0 radical (unpaired) electrons. The summed E-state index contributed by atoms with van der Waals surface area (Å²) >= 11 is 0. The number of H-pyrrole nitrogens is 2. The molecule has 0 aromatic carbocycles. The summed E-state index contributed by atoms with van der Waals surface area (Å²) in [6.45, 7) is 1.87. The number of hydrogen-bond donors (Lipinski definition) is 8. The Labute approximate surface area is 393 Å². The van der Waals surface area contributed by atoms with Gasteiger partial charge in [-0.3, -0.25) is 28.7 Å². The average molecular weight is 973 g/mol. The van der Waals surface area contributed by atoms with Crippen LogP contribution in [0.1, 0.15) is 84.7 Å². The lowest BCUT2D eigenvalue weighted by Gasteiger charge is -2.39. The number of alkyl halides is 1. The number of nitrogen functional groups attached to an aromatic ring is 2. The van der Waals surface area contributed by atoms with Gasteiger partial charge in [0.25, 0.3) is 11.1 Å². The van der Waals surface area contributed by atoms with E-state index in [1.807, 2.05) is 9.55 Å². The second-order valence-electron chi connectivity index (χ2n) is 17.5.